The second-order valence-corrected chi connectivity index (χ2v) is 6.88. The van der Waals surface area contributed by atoms with E-state index in [0.717, 1.165) is 43.5 Å². The van der Waals surface area contributed by atoms with Crippen LogP contribution in [0.15, 0.2) is 29.1 Å². The first-order valence-corrected chi connectivity index (χ1v) is 9.26. The first kappa shape index (κ1) is 20.5. The number of aromatic nitrogens is 2. The van der Waals surface area contributed by atoms with Crippen molar-refractivity contribution < 1.29 is 4.79 Å². The molecule has 1 fully saturated rings. The summed E-state index contributed by atoms with van der Waals surface area (Å²) < 4.78 is 3.57. The Morgan fingerprint density at radius 1 is 1.19 bits per heavy atom. The van der Waals surface area contributed by atoms with Crippen LogP contribution in [0.3, 0.4) is 0 Å². The van der Waals surface area contributed by atoms with Crippen LogP contribution in [0.5, 0.6) is 0 Å². The van der Waals surface area contributed by atoms with Crippen molar-refractivity contribution in [2.24, 2.45) is 5.92 Å². The minimum absolute atomic E-state index is 0. The molecule has 1 saturated heterocycles. The number of nitrogens with zero attached hydrogens (tertiary/aromatic N) is 3. The Balaban J connectivity index is 0.00000243. The number of hydrogen-bond acceptors (Lipinski definition) is 3. The molecule has 6 nitrogen and oxygen atoms in total. The average Bonchev–Trinajstić information content (AvgIpc) is 3.18. The molecular weight excluding hydrogens is 352 g/mol. The predicted molar refractivity (Wildman–Crippen MR) is 107 cm³/mol. The second-order valence-electron chi connectivity index (χ2n) is 6.88. The summed E-state index contributed by atoms with van der Waals surface area (Å²) in [6.07, 6.45) is 2.35. The summed E-state index contributed by atoms with van der Waals surface area (Å²) >= 11 is 0. The van der Waals surface area contributed by atoms with Gasteiger partial charge in [-0.2, -0.15) is 0 Å². The molecule has 3 rings (SSSR count). The molecule has 26 heavy (non-hydrogen) atoms. The van der Waals surface area contributed by atoms with Crippen molar-refractivity contribution in [2.45, 2.75) is 39.3 Å². The lowest BCUT2D eigenvalue weighted by atomic mass is 10.1. The maximum absolute atomic E-state index is 12.7. The number of amides is 1. The van der Waals surface area contributed by atoms with Crippen LogP contribution in [0, 0.1) is 5.92 Å². The van der Waals surface area contributed by atoms with Gasteiger partial charge in [0.2, 0.25) is 5.91 Å². The van der Waals surface area contributed by atoms with Crippen LogP contribution in [-0.2, 0) is 17.9 Å². The summed E-state index contributed by atoms with van der Waals surface area (Å²) in [6.45, 7) is 5.83. The fraction of sp³-hybridized carbons (Fsp3) is 0.579. The number of rotatable bonds is 7. The lowest BCUT2D eigenvalue weighted by Crippen LogP contribution is -2.32. The topological polar surface area (TPSA) is 59.3 Å². The highest BCUT2D eigenvalue weighted by Crippen LogP contribution is 2.17. The maximum atomic E-state index is 12.7. The van der Waals surface area contributed by atoms with Gasteiger partial charge in [-0.3, -0.25) is 13.9 Å². The maximum Gasteiger partial charge on any atom is 0.329 e. The minimum atomic E-state index is -0.00895. The zero-order chi connectivity index (χ0) is 17.8. The van der Waals surface area contributed by atoms with Gasteiger partial charge in [0.25, 0.3) is 0 Å². The number of hydrogen-bond donors (Lipinski definition) is 1. The molecule has 0 saturated carbocycles. The highest BCUT2D eigenvalue weighted by atomic mass is 35.5. The molecule has 1 aromatic heterocycles. The van der Waals surface area contributed by atoms with Gasteiger partial charge in [-0.1, -0.05) is 19.1 Å². The van der Waals surface area contributed by atoms with Crippen molar-refractivity contribution in [3.05, 3.63) is 34.7 Å². The smallest absolute Gasteiger partial charge is 0.329 e. The summed E-state index contributed by atoms with van der Waals surface area (Å²) in [4.78, 5) is 27.2. The standard InChI is InChI=1S/C19H28N4O2.ClH/c1-3-10-22-16-6-4-5-7-17(16)23(19(22)25)12-9-18(24)21-11-8-15(14-21)13-20-2;/h4-7,15,20H,3,8-14H2,1-2H3;1H. The van der Waals surface area contributed by atoms with Crippen molar-refractivity contribution in [3.63, 3.8) is 0 Å². The van der Waals surface area contributed by atoms with Crippen LogP contribution >= 0.6 is 12.4 Å². The van der Waals surface area contributed by atoms with E-state index in [9.17, 15) is 9.59 Å². The Labute approximate surface area is 160 Å². The molecule has 1 N–H and O–H groups in total. The minimum Gasteiger partial charge on any atom is -0.342 e. The molecule has 144 valence electrons. The van der Waals surface area contributed by atoms with Crippen LogP contribution in [0.2, 0.25) is 0 Å². The molecule has 1 atom stereocenters. The number of para-hydroxylation sites is 2. The number of nitrogens with one attached hydrogen (secondary N) is 1. The number of carbonyl (C=O) groups is 1. The van der Waals surface area contributed by atoms with Gasteiger partial charge in [-0.15, -0.1) is 12.4 Å². The Kier molecular flexibility index (Phi) is 7.29. The molecule has 0 spiro atoms. The number of imidazole rings is 1. The molecule has 2 aromatic rings. The van der Waals surface area contributed by atoms with E-state index in [1.807, 2.05) is 40.8 Å². The third kappa shape index (κ3) is 4.13. The highest BCUT2D eigenvalue weighted by molar-refractivity contribution is 5.85. The number of fused-ring (bicyclic) bond motifs is 1. The van der Waals surface area contributed by atoms with Crippen LogP contribution in [0.1, 0.15) is 26.2 Å². The number of aryl methyl sites for hydroxylation is 2. The molecule has 7 heteroatoms. The Morgan fingerprint density at radius 2 is 1.85 bits per heavy atom. The lowest BCUT2D eigenvalue weighted by Gasteiger charge is -2.16. The van der Waals surface area contributed by atoms with Crippen molar-refractivity contribution in [1.82, 2.24) is 19.4 Å². The monoisotopic (exact) mass is 380 g/mol. The van der Waals surface area contributed by atoms with Crippen molar-refractivity contribution in [2.75, 3.05) is 26.7 Å². The summed E-state index contributed by atoms with van der Waals surface area (Å²) in [5, 5.41) is 3.18. The van der Waals surface area contributed by atoms with Crippen molar-refractivity contribution >= 4 is 29.3 Å². The SMILES string of the molecule is CCCn1c(=O)n(CCC(=O)N2CCC(CNC)C2)c2ccccc21.Cl. The molecule has 1 aromatic carbocycles. The molecule has 1 unspecified atom stereocenters. The fourth-order valence-electron chi connectivity index (χ4n) is 3.81. The zero-order valence-corrected chi connectivity index (χ0v) is 16.4. The summed E-state index contributed by atoms with van der Waals surface area (Å²) in [7, 11) is 1.95. The van der Waals surface area contributed by atoms with E-state index >= 15 is 0 Å². The quantitative estimate of drug-likeness (QED) is 0.800. The number of benzene rings is 1. The third-order valence-electron chi connectivity index (χ3n) is 5.05. The van der Waals surface area contributed by atoms with E-state index in [0.29, 0.717) is 25.4 Å². The van der Waals surface area contributed by atoms with Crippen LogP contribution in [-0.4, -0.2) is 46.6 Å². The summed E-state index contributed by atoms with van der Waals surface area (Å²) in [6, 6.07) is 7.84. The normalized spacial score (nSPS) is 16.8. The first-order chi connectivity index (χ1) is 12.2. The van der Waals surface area contributed by atoms with Crippen molar-refractivity contribution in [3.8, 4) is 0 Å². The van der Waals surface area contributed by atoms with Crippen LogP contribution in [0.4, 0.5) is 0 Å². The van der Waals surface area contributed by atoms with Gasteiger partial charge in [0.05, 0.1) is 11.0 Å². The third-order valence-corrected chi connectivity index (χ3v) is 5.05. The Hall–Kier alpha value is -1.79. The van der Waals surface area contributed by atoms with Crippen LogP contribution in [0.25, 0.3) is 11.0 Å². The summed E-state index contributed by atoms with van der Waals surface area (Å²) in [5.74, 6) is 0.695. The molecule has 0 radical (unpaired) electrons. The Bertz CT molecular complexity index is 798. The fourth-order valence-corrected chi connectivity index (χ4v) is 3.81. The van der Waals surface area contributed by atoms with Gasteiger partial charge >= 0.3 is 5.69 Å². The lowest BCUT2D eigenvalue weighted by molar-refractivity contribution is -0.130. The number of likely N-dealkylation sites (tertiary alicyclic amines) is 1. The van der Waals surface area contributed by atoms with Gasteiger partial charge in [-0.25, -0.2) is 4.79 Å². The molecular formula is C19H29ClN4O2. The van der Waals surface area contributed by atoms with E-state index in [1.54, 1.807) is 4.57 Å². The molecule has 1 aliphatic rings. The van der Waals surface area contributed by atoms with E-state index in [-0.39, 0.29) is 24.0 Å². The van der Waals surface area contributed by atoms with Gasteiger partial charge < -0.3 is 10.2 Å². The van der Waals surface area contributed by atoms with Crippen LogP contribution < -0.4 is 11.0 Å². The molecule has 0 aliphatic carbocycles. The first-order valence-electron chi connectivity index (χ1n) is 9.26. The highest BCUT2D eigenvalue weighted by Gasteiger charge is 2.25. The predicted octanol–water partition coefficient (Wildman–Crippen LogP) is 2.09. The van der Waals surface area contributed by atoms with E-state index < -0.39 is 0 Å². The van der Waals surface area contributed by atoms with E-state index in [2.05, 4.69) is 12.2 Å². The molecule has 1 aliphatic heterocycles. The van der Waals surface area contributed by atoms with E-state index in [4.69, 9.17) is 0 Å². The number of carbonyl (C=O) groups excluding carboxylic acids is 1. The van der Waals surface area contributed by atoms with E-state index in [1.165, 1.54) is 0 Å². The summed E-state index contributed by atoms with van der Waals surface area (Å²) in [5.41, 5.74) is 1.87. The zero-order valence-electron chi connectivity index (χ0n) is 15.6. The number of halogens is 1. The molecule has 2 heterocycles. The molecule has 0 bridgehead atoms. The largest absolute Gasteiger partial charge is 0.342 e. The van der Waals surface area contributed by atoms with Gasteiger partial charge in [-0.05, 0) is 44.5 Å². The van der Waals surface area contributed by atoms with Gasteiger partial charge in [0, 0.05) is 32.6 Å². The van der Waals surface area contributed by atoms with Crippen molar-refractivity contribution in [1.29, 1.82) is 0 Å². The van der Waals surface area contributed by atoms with Gasteiger partial charge in [0.1, 0.15) is 0 Å². The Morgan fingerprint density at radius 3 is 2.46 bits per heavy atom. The van der Waals surface area contributed by atoms with Gasteiger partial charge in [0.15, 0.2) is 0 Å². The second kappa shape index (κ2) is 9.24. The average molecular weight is 381 g/mol. The molecule has 1 amide bonds.